The molecule has 1 saturated heterocycles. The summed E-state index contributed by atoms with van der Waals surface area (Å²) in [6, 6.07) is 9.12. The molecule has 5 heteroatoms. The minimum absolute atomic E-state index is 0.0743. The number of hydrogen-bond donors (Lipinski definition) is 2. The number of piperidine rings is 1. The van der Waals surface area contributed by atoms with Gasteiger partial charge in [0, 0.05) is 18.5 Å². The van der Waals surface area contributed by atoms with Crippen molar-refractivity contribution in [2.24, 2.45) is 5.92 Å². The van der Waals surface area contributed by atoms with E-state index in [2.05, 4.69) is 17.2 Å². The van der Waals surface area contributed by atoms with Gasteiger partial charge in [-0.05, 0) is 49.4 Å². The van der Waals surface area contributed by atoms with Gasteiger partial charge in [0.2, 0.25) is 0 Å². The minimum atomic E-state index is -0.200. The molecule has 2 aromatic rings. The molecule has 0 atom stereocenters. The fourth-order valence-corrected chi connectivity index (χ4v) is 3.19. The molecule has 0 unspecified atom stereocenters. The highest BCUT2D eigenvalue weighted by molar-refractivity contribution is 5.96. The topological polar surface area (TPSA) is 65.2 Å². The number of fused-ring (bicyclic) bond motifs is 1. The van der Waals surface area contributed by atoms with Crippen molar-refractivity contribution in [3.63, 3.8) is 0 Å². The van der Waals surface area contributed by atoms with E-state index < -0.39 is 0 Å². The maximum atomic E-state index is 12.7. The fraction of sp³-hybridized carbons (Fsp3) is 0.444. The Bertz CT molecular complexity index is 745. The van der Waals surface area contributed by atoms with E-state index in [1.807, 2.05) is 23.1 Å². The van der Waals surface area contributed by atoms with Gasteiger partial charge in [-0.25, -0.2) is 0 Å². The van der Waals surface area contributed by atoms with Gasteiger partial charge >= 0.3 is 0 Å². The van der Waals surface area contributed by atoms with Crippen molar-refractivity contribution in [3.05, 3.63) is 46.4 Å². The van der Waals surface area contributed by atoms with Gasteiger partial charge in [-0.1, -0.05) is 25.1 Å². The SMILES string of the molecule is CCNCC1CCN(C(=O)c2cc3ccccc3c(=O)[nH]2)CC1. The average Bonchev–Trinajstić information content (AvgIpc) is 2.60. The number of rotatable bonds is 4. The van der Waals surface area contributed by atoms with Gasteiger partial charge in [-0.3, -0.25) is 9.59 Å². The Balaban J connectivity index is 1.73. The lowest BCUT2D eigenvalue weighted by Gasteiger charge is -2.32. The molecule has 0 saturated carbocycles. The maximum absolute atomic E-state index is 12.7. The minimum Gasteiger partial charge on any atom is -0.337 e. The lowest BCUT2D eigenvalue weighted by Crippen LogP contribution is -2.41. The Morgan fingerprint density at radius 1 is 1.30 bits per heavy atom. The molecule has 1 fully saturated rings. The zero-order valence-electron chi connectivity index (χ0n) is 13.5. The summed E-state index contributed by atoms with van der Waals surface area (Å²) in [5.74, 6) is 0.560. The standard InChI is InChI=1S/C18H23N3O2/c1-2-19-12-13-7-9-21(10-8-13)18(23)16-11-14-5-3-4-6-15(14)17(22)20-16/h3-6,11,13,19H,2,7-10,12H2,1H3,(H,20,22). The van der Waals surface area contributed by atoms with Crippen LogP contribution in [-0.2, 0) is 0 Å². The number of aromatic amines is 1. The van der Waals surface area contributed by atoms with Crippen LogP contribution in [0.5, 0.6) is 0 Å². The van der Waals surface area contributed by atoms with Crippen molar-refractivity contribution >= 4 is 16.7 Å². The van der Waals surface area contributed by atoms with Crippen LogP contribution in [0, 0.1) is 5.92 Å². The number of likely N-dealkylation sites (tertiary alicyclic amines) is 1. The van der Waals surface area contributed by atoms with Crippen LogP contribution in [0.25, 0.3) is 10.8 Å². The molecule has 122 valence electrons. The number of carbonyl (C=O) groups excluding carboxylic acids is 1. The first-order valence-electron chi connectivity index (χ1n) is 8.31. The number of aromatic nitrogens is 1. The van der Waals surface area contributed by atoms with Gasteiger partial charge in [-0.15, -0.1) is 0 Å². The second kappa shape index (κ2) is 6.96. The Morgan fingerprint density at radius 3 is 2.78 bits per heavy atom. The predicted molar refractivity (Wildman–Crippen MR) is 91.7 cm³/mol. The smallest absolute Gasteiger partial charge is 0.270 e. The Labute approximate surface area is 135 Å². The third-order valence-electron chi connectivity index (χ3n) is 4.57. The quantitative estimate of drug-likeness (QED) is 0.907. The van der Waals surface area contributed by atoms with Gasteiger partial charge < -0.3 is 15.2 Å². The number of nitrogens with zero attached hydrogens (tertiary/aromatic N) is 1. The summed E-state index contributed by atoms with van der Waals surface area (Å²) < 4.78 is 0. The zero-order valence-corrected chi connectivity index (χ0v) is 13.5. The van der Waals surface area contributed by atoms with E-state index in [9.17, 15) is 9.59 Å². The largest absolute Gasteiger partial charge is 0.337 e. The summed E-state index contributed by atoms with van der Waals surface area (Å²) >= 11 is 0. The Hall–Kier alpha value is -2.14. The number of hydrogen-bond acceptors (Lipinski definition) is 3. The first-order valence-corrected chi connectivity index (χ1v) is 8.31. The molecule has 1 aliphatic rings. The lowest BCUT2D eigenvalue weighted by molar-refractivity contribution is 0.0684. The van der Waals surface area contributed by atoms with Crippen LogP contribution in [0.15, 0.2) is 35.1 Å². The van der Waals surface area contributed by atoms with Gasteiger partial charge in [-0.2, -0.15) is 0 Å². The lowest BCUT2D eigenvalue weighted by atomic mass is 9.96. The highest BCUT2D eigenvalue weighted by atomic mass is 16.2. The van der Waals surface area contributed by atoms with Crippen LogP contribution in [0.4, 0.5) is 0 Å². The van der Waals surface area contributed by atoms with E-state index >= 15 is 0 Å². The van der Waals surface area contributed by atoms with Crippen LogP contribution in [0.2, 0.25) is 0 Å². The fourth-order valence-electron chi connectivity index (χ4n) is 3.19. The van der Waals surface area contributed by atoms with Crippen molar-refractivity contribution < 1.29 is 4.79 Å². The molecule has 2 heterocycles. The first kappa shape index (κ1) is 15.7. The van der Waals surface area contributed by atoms with E-state index in [0.29, 0.717) is 17.0 Å². The number of benzene rings is 1. The van der Waals surface area contributed by atoms with Crippen LogP contribution < -0.4 is 10.9 Å². The molecule has 5 nitrogen and oxygen atoms in total. The second-order valence-electron chi connectivity index (χ2n) is 6.14. The van der Waals surface area contributed by atoms with Gasteiger partial charge in [0.15, 0.2) is 0 Å². The molecule has 0 bridgehead atoms. The maximum Gasteiger partial charge on any atom is 0.270 e. The van der Waals surface area contributed by atoms with Crippen molar-refractivity contribution in [2.75, 3.05) is 26.2 Å². The van der Waals surface area contributed by atoms with Crippen LogP contribution in [-0.4, -0.2) is 42.0 Å². The highest BCUT2D eigenvalue weighted by Crippen LogP contribution is 2.19. The predicted octanol–water partition coefficient (Wildman–Crippen LogP) is 1.99. The van der Waals surface area contributed by atoms with Crippen molar-refractivity contribution in [1.82, 2.24) is 15.2 Å². The van der Waals surface area contributed by atoms with Crippen molar-refractivity contribution in [3.8, 4) is 0 Å². The molecule has 1 aromatic carbocycles. The Morgan fingerprint density at radius 2 is 2.04 bits per heavy atom. The average molecular weight is 313 g/mol. The molecule has 0 aliphatic carbocycles. The van der Waals surface area contributed by atoms with Gasteiger partial charge in [0.1, 0.15) is 5.69 Å². The number of H-pyrrole nitrogens is 1. The molecule has 1 aliphatic heterocycles. The van der Waals surface area contributed by atoms with Crippen molar-refractivity contribution in [1.29, 1.82) is 0 Å². The summed E-state index contributed by atoms with van der Waals surface area (Å²) in [6.45, 7) is 5.62. The molecule has 23 heavy (non-hydrogen) atoms. The van der Waals surface area contributed by atoms with Crippen molar-refractivity contribution in [2.45, 2.75) is 19.8 Å². The summed E-state index contributed by atoms with van der Waals surface area (Å²) in [5, 5.41) is 4.80. The number of pyridine rings is 1. The summed E-state index contributed by atoms with van der Waals surface area (Å²) in [4.78, 5) is 29.4. The molecule has 3 rings (SSSR count). The molecule has 0 spiro atoms. The molecular weight excluding hydrogens is 290 g/mol. The second-order valence-corrected chi connectivity index (χ2v) is 6.14. The van der Waals surface area contributed by atoms with E-state index in [1.165, 1.54) is 0 Å². The number of amides is 1. The molecule has 2 N–H and O–H groups in total. The molecule has 1 amide bonds. The molecule has 0 radical (unpaired) electrons. The summed E-state index contributed by atoms with van der Waals surface area (Å²) in [6.07, 6.45) is 2.02. The van der Waals surface area contributed by atoms with Gasteiger partial charge in [0.25, 0.3) is 11.5 Å². The van der Waals surface area contributed by atoms with E-state index in [1.54, 1.807) is 12.1 Å². The first-order chi connectivity index (χ1) is 11.2. The van der Waals surface area contributed by atoms with Gasteiger partial charge in [0.05, 0.1) is 0 Å². The normalized spacial score (nSPS) is 16.0. The number of nitrogens with one attached hydrogen (secondary N) is 2. The van der Waals surface area contributed by atoms with Crippen LogP contribution in [0.1, 0.15) is 30.3 Å². The molecule has 1 aromatic heterocycles. The van der Waals surface area contributed by atoms with Crippen LogP contribution in [0.3, 0.4) is 0 Å². The number of carbonyl (C=O) groups is 1. The highest BCUT2D eigenvalue weighted by Gasteiger charge is 2.24. The third kappa shape index (κ3) is 3.45. The Kier molecular flexibility index (Phi) is 4.76. The van der Waals surface area contributed by atoms with E-state index in [-0.39, 0.29) is 11.5 Å². The third-order valence-corrected chi connectivity index (χ3v) is 4.57. The van der Waals surface area contributed by atoms with E-state index in [4.69, 9.17) is 0 Å². The van der Waals surface area contributed by atoms with Crippen LogP contribution >= 0.6 is 0 Å². The van der Waals surface area contributed by atoms with E-state index in [0.717, 1.165) is 44.4 Å². The zero-order chi connectivity index (χ0) is 16.2. The summed E-state index contributed by atoms with van der Waals surface area (Å²) in [5.41, 5.74) is 0.187. The molecular formula is C18H23N3O2. The monoisotopic (exact) mass is 313 g/mol. The summed E-state index contributed by atoms with van der Waals surface area (Å²) in [7, 11) is 0.